The Balaban J connectivity index is 1.93. The monoisotopic (exact) mass is 430 g/mol. The van der Waals surface area contributed by atoms with E-state index in [0.717, 1.165) is 39.1 Å². The summed E-state index contributed by atoms with van der Waals surface area (Å²) in [6, 6.07) is 28.0. The molecule has 0 unspecified atom stereocenters. The SMILES string of the molecule is COc1ccc(-n2c(SCCC(=O)O)nc(-c3ccccc3)c2-c2ccccc2)cc1. The van der Waals surface area contributed by atoms with Gasteiger partial charge in [0.1, 0.15) is 5.75 Å². The van der Waals surface area contributed by atoms with Crippen LogP contribution in [0.4, 0.5) is 0 Å². The molecule has 4 rings (SSSR count). The topological polar surface area (TPSA) is 64.3 Å². The molecule has 0 saturated heterocycles. The number of imidazole rings is 1. The number of hydrogen-bond acceptors (Lipinski definition) is 4. The predicted molar refractivity (Wildman–Crippen MR) is 124 cm³/mol. The van der Waals surface area contributed by atoms with Crippen molar-refractivity contribution in [3.05, 3.63) is 84.9 Å². The minimum atomic E-state index is -0.818. The van der Waals surface area contributed by atoms with Crippen LogP contribution in [0.3, 0.4) is 0 Å². The first-order chi connectivity index (χ1) is 15.2. The second kappa shape index (κ2) is 9.53. The van der Waals surface area contributed by atoms with Crippen molar-refractivity contribution in [2.24, 2.45) is 0 Å². The number of thioether (sulfide) groups is 1. The van der Waals surface area contributed by atoms with E-state index >= 15 is 0 Å². The van der Waals surface area contributed by atoms with E-state index in [0.29, 0.717) is 5.75 Å². The highest BCUT2D eigenvalue weighted by molar-refractivity contribution is 7.99. The zero-order valence-corrected chi connectivity index (χ0v) is 17.9. The van der Waals surface area contributed by atoms with Crippen LogP contribution in [-0.4, -0.2) is 33.5 Å². The Morgan fingerprint density at radius 3 is 2.13 bits per heavy atom. The first-order valence-corrected chi connectivity index (χ1v) is 10.9. The number of benzene rings is 3. The van der Waals surface area contributed by atoms with Crippen LogP contribution in [0.1, 0.15) is 6.42 Å². The number of aromatic nitrogens is 2. The minimum absolute atomic E-state index is 0.0709. The summed E-state index contributed by atoms with van der Waals surface area (Å²) in [7, 11) is 1.64. The number of carboxylic acids is 1. The molecule has 3 aromatic carbocycles. The summed E-state index contributed by atoms with van der Waals surface area (Å²) in [4.78, 5) is 16.0. The second-order valence-electron chi connectivity index (χ2n) is 6.85. The maximum atomic E-state index is 11.1. The fourth-order valence-corrected chi connectivity index (χ4v) is 4.30. The minimum Gasteiger partial charge on any atom is -0.497 e. The summed E-state index contributed by atoms with van der Waals surface area (Å²) < 4.78 is 7.42. The summed E-state index contributed by atoms with van der Waals surface area (Å²) in [6.45, 7) is 0. The Kier molecular flexibility index (Phi) is 6.38. The standard InChI is InChI=1S/C25H22N2O3S/c1-30-21-14-12-20(13-15-21)27-24(19-10-6-3-7-11-19)23(18-8-4-2-5-9-18)26-25(27)31-17-16-22(28)29/h2-15H,16-17H2,1H3,(H,28,29). The lowest BCUT2D eigenvalue weighted by atomic mass is 10.0. The molecular weight excluding hydrogens is 408 g/mol. The van der Waals surface area contributed by atoms with Gasteiger partial charge in [0.25, 0.3) is 0 Å². The van der Waals surface area contributed by atoms with Crippen LogP contribution in [0, 0.1) is 0 Å². The van der Waals surface area contributed by atoms with Crippen LogP contribution in [0.25, 0.3) is 28.2 Å². The smallest absolute Gasteiger partial charge is 0.304 e. The fraction of sp³-hybridized carbons (Fsp3) is 0.120. The molecule has 31 heavy (non-hydrogen) atoms. The number of aliphatic carboxylic acids is 1. The largest absolute Gasteiger partial charge is 0.497 e. The normalized spacial score (nSPS) is 10.7. The van der Waals surface area contributed by atoms with Crippen molar-refractivity contribution >= 4 is 17.7 Å². The molecule has 156 valence electrons. The van der Waals surface area contributed by atoms with Gasteiger partial charge in [0.2, 0.25) is 0 Å². The third-order valence-electron chi connectivity index (χ3n) is 4.82. The first-order valence-electron chi connectivity index (χ1n) is 9.90. The van der Waals surface area contributed by atoms with Gasteiger partial charge in [-0.15, -0.1) is 0 Å². The van der Waals surface area contributed by atoms with Gasteiger partial charge in [-0.05, 0) is 24.3 Å². The molecule has 6 heteroatoms. The van der Waals surface area contributed by atoms with E-state index in [1.807, 2.05) is 72.8 Å². The Labute approximate surface area is 185 Å². The summed E-state index contributed by atoms with van der Waals surface area (Å²) in [5.41, 5.74) is 4.81. The van der Waals surface area contributed by atoms with Gasteiger partial charge in [0, 0.05) is 22.6 Å². The van der Waals surface area contributed by atoms with Crippen LogP contribution in [-0.2, 0) is 4.79 Å². The number of methoxy groups -OCH3 is 1. The molecule has 0 atom stereocenters. The molecular formula is C25H22N2O3S. The maximum Gasteiger partial charge on any atom is 0.304 e. The third kappa shape index (κ3) is 4.64. The molecule has 4 aromatic rings. The molecule has 1 N–H and O–H groups in total. The van der Waals surface area contributed by atoms with Crippen molar-refractivity contribution in [3.63, 3.8) is 0 Å². The molecule has 0 aliphatic heterocycles. The molecule has 0 saturated carbocycles. The van der Waals surface area contributed by atoms with Crippen LogP contribution in [0.2, 0.25) is 0 Å². The summed E-state index contributed by atoms with van der Waals surface area (Å²) in [5.74, 6) is 0.389. The molecule has 0 aliphatic carbocycles. The van der Waals surface area contributed by atoms with Gasteiger partial charge >= 0.3 is 5.97 Å². The van der Waals surface area contributed by atoms with Gasteiger partial charge in [0.15, 0.2) is 5.16 Å². The number of carboxylic acid groups (broad SMARTS) is 1. The summed E-state index contributed by atoms with van der Waals surface area (Å²) in [5, 5.41) is 9.85. The van der Waals surface area contributed by atoms with Crippen LogP contribution >= 0.6 is 11.8 Å². The van der Waals surface area contributed by atoms with E-state index in [2.05, 4.69) is 16.7 Å². The average Bonchev–Trinajstić information content (AvgIpc) is 3.19. The Morgan fingerprint density at radius 2 is 1.55 bits per heavy atom. The number of rotatable bonds is 8. The number of ether oxygens (including phenoxy) is 1. The van der Waals surface area contributed by atoms with Gasteiger partial charge in [0.05, 0.1) is 24.9 Å². The zero-order chi connectivity index (χ0) is 21.6. The van der Waals surface area contributed by atoms with Crippen molar-refractivity contribution in [1.82, 2.24) is 9.55 Å². The average molecular weight is 431 g/mol. The lowest BCUT2D eigenvalue weighted by Crippen LogP contribution is -2.01. The Bertz CT molecular complexity index is 1160. The quantitative estimate of drug-likeness (QED) is 0.359. The van der Waals surface area contributed by atoms with E-state index in [1.165, 1.54) is 11.8 Å². The van der Waals surface area contributed by atoms with Crippen molar-refractivity contribution in [2.45, 2.75) is 11.6 Å². The fourth-order valence-electron chi connectivity index (χ4n) is 3.36. The lowest BCUT2D eigenvalue weighted by Gasteiger charge is -2.13. The number of hydrogen-bond donors (Lipinski definition) is 1. The molecule has 0 radical (unpaired) electrons. The van der Waals surface area contributed by atoms with Crippen molar-refractivity contribution in [3.8, 4) is 34.0 Å². The highest BCUT2D eigenvalue weighted by Crippen LogP contribution is 2.38. The summed E-state index contributed by atoms with van der Waals surface area (Å²) in [6.07, 6.45) is 0.0709. The second-order valence-corrected chi connectivity index (χ2v) is 7.91. The van der Waals surface area contributed by atoms with E-state index in [9.17, 15) is 4.79 Å². The molecule has 1 aromatic heterocycles. The first kappa shape index (κ1) is 20.8. The molecule has 0 amide bonds. The highest BCUT2D eigenvalue weighted by atomic mass is 32.2. The van der Waals surface area contributed by atoms with E-state index in [4.69, 9.17) is 14.8 Å². The van der Waals surface area contributed by atoms with Crippen molar-refractivity contribution in [1.29, 1.82) is 0 Å². The van der Waals surface area contributed by atoms with Gasteiger partial charge < -0.3 is 9.84 Å². The van der Waals surface area contributed by atoms with E-state index in [-0.39, 0.29) is 6.42 Å². The maximum absolute atomic E-state index is 11.1. The van der Waals surface area contributed by atoms with Gasteiger partial charge in [-0.3, -0.25) is 9.36 Å². The molecule has 0 fully saturated rings. The highest BCUT2D eigenvalue weighted by Gasteiger charge is 2.21. The van der Waals surface area contributed by atoms with Gasteiger partial charge in [-0.25, -0.2) is 4.98 Å². The Hall–Kier alpha value is -3.51. The van der Waals surface area contributed by atoms with E-state index in [1.54, 1.807) is 7.11 Å². The van der Waals surface area contributed by atoms with Crippen molar-refractivity contribution < 1.29 is 14.6 Å². The lowest BCUT2D eigenvalue weighted by molar-refractivity contribution is -0.136. The van der Waals surface area contributed by atoms with Crippen LogP contribution in [0.15, 0.2) is 90.1 Å². The number of carbonyl (C=O) groups is 1. The molecule has 0 spiro atoms. The predicted octanol–water partition coefficient (Wildman–Crippen LogP) is 5.78. The summed E-state index contributed by atoms with van der Waals surface area (Å²) >= 11 is 1.44. The molecule has 0 bridgehead atoms. The van der Waals surface area contributed by atoms with E-state index < -0.39 is 5.97 Å². The van der Waals surface area contributed by atoms with Crippen LogP contribution < -0.4 is 4.74 Å². The number of nitrogens with zero attached hydrogens (tertiary/aromatic N) is 2. The van der Waals surface area contributed by atoms with Crippen molar-refractivity contribution in [2.75, 3.05) is 12.9 Å². The Morgan fingerprint density at radius 1 is 0.935 bits per heavy atom. The van der Waals surface area contributed by atoms with Gasteiger partial charge in [-0.2, -0.15) is 0 Å². The molecule has 1 heterocycles. The van der Waals surface area contributed by atoms with Gasteiger partial charge in [-0.1, -0.05) is 72.4 Å². The van der Waals surface area contributed by atoms with Crippen LogP contribution in [0.5, 0.6) is 5.75 Å². The zero-order valence-electron chi connectivity index (χ0n) is 17.1. The third-order valence-corrected chi connectivity index (χ3v) is 5.76. The molecule has 5 nitrogen and oxygen atoms in total. The molecule has 0 aliphatic rings.